The lowest BCUT2D eigenvalue weighted by Crippen LogP contribution is -2.43. The fourth-order valence-electron chi connectivity index (χ4n) is 2.80. The number of hydrogen-bond acceptors (Lipinski definition) is 5. The molecule has 2 amide bonds. The normalized spacial score (nSPS) is 24.9. The van der Waals surface area contributed by atoms with Gasteiger partial charge in [0.15, 0.2) is 5.17 Å². The molecule has 1 atom stereocenters. The minimum Gasteiger partial charge on any atom is -0.379 e. The Kier molecular flexibility index (Phi) is 4.77. The molecule has 1 unspecified atom stereocenters. The summed E-state index contributed by atoms with van der Waals surface area (Å²) in [6.07, 6.45) is 0.930. The van der Waals surface area contributed by atoms with Gasteiger partial charge in [-0.1, -0.05) is 23.9 Å². The molecule has 1 fully saturated rings. The lowest BCUT2D eigenvalue weighted by molar-refractivity contribution is 0.0564. The topological polar surface area (TPSA) is 80.0 Å². The van der Waals surface area contributed by atoms with Gasteiger partial charge in [0.1, 0.15) is 0 Å². The van der Waals surface area contributed by atoms with Gasteiger partial charge in [0.2, 0.25) is 0 Å². The maximum atomic E-state index is 12.3. The molecule has 6 nitrogen and oxygen atoms in total. The SMILES string of the molecule is CC1(c2cccc(NC(=O)N3CCOCC3)c2)CCSC(N)=N1. The highest BCUT2D eigenvalue weighted by atomic mass is 32.2. The van der Waals surface area contributed by atoms with E-state index in [0.29, 0.717) is 31.5 Å². The van der Waals surface area contributed by atoms with E-state index in [2.05, 4.69) is 17.2 Å². The minimum absolute atomic E-state index is 0.0854. The van der Waals surface area contributed by atoms with Gasteiger partial charge in [0.25, 0.3) is 0 Å². The number of nitrogens with one attached hydrogen (secondary N) is 1. The average Bonchev–Trinajstić information content (AvgIpc) is 2.56. The summed E-state index contributed by atoms with van der Waals surface area (Å²) < 4.78 is 5.27. The molecule has 2 aliphatic rings. The predicted molar refractivity (Wildman–Crippen MR) is 93.9 cm³/mol. The van der Waals surface area contributed by atoms with Gasteiger partial charge in [-0.15, -0.1) is 0 Å². The number of nitrogens with zero attached hydrogens (tertiary/aromatic N) is 2. The van der Waals surface area contributed by atoms with E-state index in [1.165, 1.54) is 0 Å². The van der Waals surface area contributed by atoms with Crippen molar-refractivity contribution in [2.75, 3.05) is 37.4 Å². The number of morpholine rings is 1. The van der Waals surface area contributed by atoms with Gasteiger partial charge in [-0.3, -0.25) is 4.99 Å². The first-order chi connectivity index (χ1) is 11.1. The van der Waals surface area contributed by atoms with E-state index >= 15 is 0 Å². The number of ether oxygens (including phenoxy) is 1. The van der Waals surface area contributed by atoms with Crippen LogP contribution in [0, 0.1) is 0 Å². The number of amides is 2. The van der Waals surface area contributed by atoms with Crippen molar-refractivity contribution < 1.29 is 9.53 Å². The van der Waals surface area contributed by atoms with Crippen molar-refractivity contribution >= 4 is 28.6 Å². The molecule has 1 saturated heterocycles. The number of hydrogen-bond donors (Lipinski definition) is 2. The van der Waals surface area contributed by atoms with E-state index in [4.69, 9.17) is 10.5 Å². The first-order valence-electron chi connectivity index (χ1n) is 7.79. The zero-order chi connectivity index (χ0) is 16.3. The van der Waals surface area contributed by atoms with Crippen molar-refractivity contribution in [2.24, 2.45) is 10.7 Å². The maximum absolute atomic E-state index is 12.3. The summed E-state index contributed by atoms with van der Waals surface area (Å²) in [6.45, 7) is 4.53. The third-order valence-corrected chi connectivity index (χ3v) is 5.03. The highest BCUT2D eigenvalue weighted by Crippen LogP contribution is 2.35. The number of urea groups is 1. The second-order valence-electron chi connectivity index (χ2n) is 5.93. The second-order valence-corrected chi connectivity index (χ2v) is 7.05. The quantitative estimate of drug-likeness (QED) is 0.869. The summed E-state index contributed by atoms with van der Waals surface area (Å²) in [5.74, 6) is 0.955. The first kappa shape index (κ1) is 16.1. The molecule has 7 heteroatoms. The van der Waals surface area contributed by atoms with Gasteiger partial charge >= 0.3 is 6.03 Å². The lowest BCUT2D eigenvalue weighted by atomic mass is 9.89. The fraction of sp³-hybridized carbons (Fsp3) is 0.500. The molecule has 1 aromatic carbocycles. The molecule has 0 radical (unpaired) electrons. The largest absolute Gasteiger partial charge is 0.379 e. The fourth-order valence-corrected chi connectivity index (χ4v) is 3.77. The molecule has 0 aliphatic carbocycles. The van der Waals surface area contributed by atoms with E-state index < -0.39 is 0 Å². The van der Waals surface area contributed by atoms with Crippen LogP contribution in [0.15, 0.2) is 29.3 Å². The van der Waals surface area contributed by atoms with Crippen molar-refractivity contribution in [1.29, 1.82) is 0 Å². The zero-order valence-corrected chi connectivity index (χ0v) is 14.1. The average molecular weight is 334 g/mol. The van der Waals surface area contributed by atoms with Crippen LogP contribution in [0.3, 0.4) is 0 Å². The molecule has 124 valence electrons. The van der Waals surface area contributed by atoms with Crippen LogP contribution in [0.5, 0.6) is 0 Å². The van der Waals surface area contributed by atoms with Gasteiger partial charge in [-0.05, 0) is 31.0 Å². The number of anilines is 1. The molecule has 1 aromatic rings. The van der Waals surface area contributed by atoms with Crippen LogP contribution in [0.1, 0.15) is 18.9 Å². The van der Waals surface area contributed by atoms with Gasteiger partial charge in [-0.25, -0.2) is 4.79 Å². The summed E-state index contributed by atoms with van der Waals surface area (Å²) in [5, 5.41) is 3.59. The van der Waals surface area contributed by atoms with Crippen molar-refractivity contribution in [3.05, 3.63) is 29.8 Å². The number of benzene rings is 1. The Bertz CT molecular complexity index is 616. The van der Waals surface area contributed by atoms with Crippen LogP contribution in [0.2, 0.25) is 0 Å². The summed E-state index contributed by atoms with van der Waals surface area (Å²) >= 11 is 1.59. The number of carbonyl (C=O) groups is 1. The molecule has 0 aromatic heterocycles. The van der Waals surface area contributed by atoms with E-state index in [-0.39, 0.29) is 11.6 Å². The van der Waals surface area contributed by atoms with Crippen LogP contribution >= 0.6 is 11.8 Å². The molecule has 2 heterocycles. The first-order valence-corrected chi connectivity index (χ1v) is 8.78. The van der Waals surface area contributed by atoms with E-state index in [1.807, 2.05) is 24.3 Å². The standard InChI is InChI=1S/C16H22N4O2S/c1-16(5-10-23-14(17)19-16)12-3-2-4-13(11-12)18-15(21)20-6-8-22-9-7-20/h2-4,11H,5-10H2,1H3,(H2,17,19)(H,18,21). The monoisotopic (exact) mass is 334 g/mol. The number of rotatable bonds is 2. The highest BCUT2D eigenvalue weighted by Gasteiger charge is 2.29. The molecule has 3 N–H and O–H groups in total. The number of carbonyl (C=O) groups excluding carboxylic acids is 1. The van der Waals surface area contributed by atoms with Crippen LogP contribution in [0.25, 0.3) is 0 Å². The Hall–Kier alpha value is -1.73. The zero-order valence-electron chi connectivity index (χ0n) is 13.2. The van der Waals surface area contributed by atoms with Crippen molar-refractivity contribution in [3.8, 4) is 0 Å². The summed E-state index contributed by atoms with van der Waals surface area (Å²) in [6, 6.07) is 7.79. The molecule has 0 spiro atoms. The van der Waals surface area contributed by atoms with Crippen molar-refractivity contribution in [3.63, 3.8) is 0 Å². The van der Waals surface area contributed by atoms with E-state index in [0.717, 1.165) is 23.4 Å². The Morgan fingerprint density at radius 3 is 2.96 bits per heavy atom. The van der Waals surface area contributed by atoms with E-state index in [1.54, 1.807) is 16.7 Å². The lowest BCUT2D eigenvalue weighted by Gasteiger charge is -2.30. The maximum Gasteiger partial charge on any atom is 0.321 e. The Morgan fingerprint density at radius 2 is 2.22 bits per heavy atom. The van der Waals surface area contributed by atoms with Crippen molar-refractivity contribution in [1.82, 2.24) is 4.90 Å². The Balaban J connectivity index is 1.75. The number of aliphatic imine (C=N–C) groups is 1. The van der Waals surface area contributed by atoms with Crippen LogP contribution in [-0.4, -0.2) is 48.2 Å². The van der Waals surface area contributed by atoms with Crippen molar-refractivity contribution in [2.45, 2.75) is 18.9 Å². The smallest absolute Gasteiger partial charge is 0.321 e. The van der Waals surface area contributed by atoms with Gasteiger partial charge < -0.3 is 20.7 Å². The third kappa shape index (κ3) is 3.79. The molecular weight excluding hydrogens is 312 g/mol. The molecule has 3 rings (SSSR count). The van der Waals surface area contributed by atoms with Gasteiger partial charge in [0, 0.05) is 24.5 Å². The number of amidine groups is 1. The molecular formula is C16H22N4O2S. The van der Waals surface area contributed by atoms with Crippen LogP contribution in [-0.2, 0) is 10.3 Å². The molecule has 0 saturated carbocycles. The highest BCUT2D eigenvalue weighted by molar-refractivity contribution is 8.13. The minimum atomic E-state index is -0.324. The predicted octanol–water partition coefficient (Wildman–Crippen LogP) is 2.22. The van der Waals surface area contributed by atoms with E-state index in [9.17, 15) is 4.79 Å². The third-order valence-electron chi connectivity index (χ3n) is 4.23. The van der Waals surface area contributed by atoms with Crippen LogP contribution in [0.4, 0.5) is 10.5 Å². The molecule has 2 aliphatic heterocycles. The number of thioether (sulfide) groups is 1. The summed E-state index contributed by atoms with van der Waals surface area (Å²) in [4.78, 5) is 18.7. The second kappa shape index (κ2) is 6.80. The van der Waals surface area contributed by atoms with Crippen LogP contribution < -0.4 is 11.1 Å². The Morgan fingerprint density at radius 1 is 1.43 bits per heavy atom. The summed E-state index contributed by atoms with van der Waals surface area (Å²) in [7, 11) is 0. The van der Waals surface area contributed by atoms with Gasteiger partial charge in [-0.2, -0.15) is 0 Å². The molecule has 0 bridgehead atoms. The summed E-state index contributed by atoms with van der Waals surface area (Å²) in [5.41, 5.74) is 7.42. The van der Waals surface area contributed by atoms with Gasteiger partial charge in [0.05, 0.1) is 18.8 Å². The number of nitrogens with two attached hydrogens (primary N) is 1. The Labute approximate surface area is 140 Å². The molecule has 23 heavy (non-hydrogen) atoms.